The average Bonchev–Trinajstić information content (AvgIpc) is 2.48. The molecule has 2 rings (SSSR count). The minimum atomic E-state index is -0.355. The first-order valence-corrected chi connectivity index (χ1v) is 7.50. The van der Waals surface area contributed by atoms with Crippen LogP contribution in [0.15, 0.2) is 46.9 Å². The van der Waals surface area contributed by atoms with Crippen molar-refractivity contribution >= 4 is 33.2 Å². The van der Waals surface area contributed by atoms with Crippen LogP contribution in [0.5, 0.6) is 0 Å². The molecule has 0 fully saturated rings. The molecule has 110 valence electrons. The van der Waals surface area contributed by atoms with Crippen LogP contribution in [0.4, 0.5) is 15.8 Å². The Kier molecular flexibility index (Phi) is 5.33. The summed E-state index contributed by atoms with van der Waals surface area (Å²) in [6, 6.07) is 11.4. The summed E-state index contributed by atoms with van der Waals surface area (Å²) in [4.78, 5) is 12.1. The molecule has 0 atom stereocenters. The van der Waals surface area contributed by atoms with Crippen LogP contribution in [0.25, 0.3) is 0 Å². The molecule has 0 spiro atoms. The van der Waals surface area contributed by atoms with Crippen LogP contribution < -0.4 is 10.6 Å². The number of hydrogen-bond donors (Lipinski definition) is 2. The number of amides is 1. The summed E-state index contributed by atoms with van der Waals surface area (Å²) < 4.78 is 13.5. The predicted octanol–water partition coefficient (Wildman–Crippen LogP) is 4.66. The molecule has 2 N–H and O–H groups in total. The molecule has 0 heterocycles. The number of hydrogen-bond acceptors (Lipinski definition) is 2. The van der Waals surface area contributed by atoms with Gasteiger partial charge >= 0.3 is 0 Å². The smallest absolute Gasteiger partial charge is 0.255 e. The summed E-state index contributed by atoms with van der Waals surface area (Å²) >= 11 is 3.22. The van der Waals surface area contributed by atoms with Crippen LogP contribution in [0.3, 0.4) is 0 Å². The Labute approximate surface area is 131 Å². The van der Waals surface area contributed by atoms with E-state index in [-0.39, 0.29) is 11.7 Å². The van der Waals surface area contributed by atoms with E-state index >= 15 is 0 Å². The van der Waals surface area contributed by atoms with Gasteiger partial charge in [-0.3, -0.25) is 4.79 Å². The summed E-state index contributed by atoms with van der Waals surface area (Å²) in [5.74, 6) is -0.587. The molecule has 0 saturated carbocycles. The third kappa shape index (κ3) is 4.29. The first-order chi connectivity index (χ1) is 10.1. The van der Waals surface area contributed by atoms with Crippen molar-refractivity contribution in [2.75, 3.05) is 17.2 Å². The van der Waals surface area contributed by atoms with Crippen LogP contribution in [0, 0.1) is 5.82 Å². The fraction of sp³-hybridized carbons (Fsp3) is 0.188. The lowest BCUT2D eigenvalue weighted by Crippen LogP contribution is -2.12. The van der Waals surface area contributed by atoms with Gasteiger partial charge in [0.25, 0.3) is 5.91 Å². The van der Waals surface area contributed by atoms with Crippen molar-refractivity contribution in [1.82, 2.24) is 0 Å². The van der Waals surface area contributed by atoms with Gasteiger partial charge in [0.15, 0.2) is 0 Å². The molecule has 0 aliphatic heterocycles. The van der Waals surface area contributed by atoms with Crippen molar-refractivity contribution < 1.29 is 9.18 Å². The molecule has 0 aliphatic rings. The molecule has 0 unspecified atom stereocenters. The van der Waals surface area contributed by atoms with E-state index in [1.807, 2.05) is 12.1 Å². The molecule has 1 amide bonds. The van der Waals surface area contributed by atoms with Crippen LogP contribution in [0.1, 0.15) is 23.7 Å². The normalized spacial score (nSPS) is 10.2. The Morgan fingerprint density at radius 3 is 2.52 bits per heavy atom. The van der Waals surface area contributed by atoms with E-state index in [1.54, 1.807) is 12.1 Å². The van der Waals surface area contributed by atoms with Crippen molar-refractivity contribution in [2.45, 2.75) is 13.3 Å². The quantitative estimate of drug-likeness (QED) is 0.823. The number of carbonyl (C=O) groups excluding carboxylic acids is 1. The van der Waals surface area contributed by atoms with Gasteiger partial charge in [-0.15, -0.1) is 0 Å². The van der Waals surface area contributed by atoms with Gasteiger partial charge < -0.3 is 10.6 Å². The number of nitrogens with one attached hydrogen (secondary N) is 2. The average molecular weight is 351 g/mol. The summed E-state index contributed by atoms with van der Waals surface area (Å²) in [6.07, 6.45) is 1.04. The number of halogens is 2. The lowest BCUT2D eigenvalue weighted by molar-refractivity contribution is 0.102. The number of anilines is 2. The zero-order chi connectivity index (χ0) is 15.2. The molecule has 0 aromatic heterocycles. The molecule has 0 radical (unpaired) electrons. The van der Waals surface area contributed by atoms with Crippen molar-refractivity contribution in [2.24, 2.45) is 0 Å². The summed E-state index contributed by atoms with van der Waals surface area (Å²) in [7, 11) is 0. The zero-order valence-corrected chi connectivity index (χ0v) is 13.2. The lowest BCUT2D eigenvalue weighted by Gasteiger charge is -2.09. The fourth-order valence-electron chi connectivity index (χ4n) is 1.79. The van der Waals surface area contributed by atoms with Gasteiger partial charge in [0.1, 0.15) is 5.82 Å². The largest absolute Gasteiger partial charge is 0.385 e. The van der Waals surface area contributed by atoms with Crippen molar-refractivity contribution in [1.29, 1.82) is 0 Å². The van der Waals surface area contributed by atoms with Crippen LogP contribution in [-0.2, 0) is 0 Å². The SMILES string of the molecule is CCCNc1ccc(C(=O)Nc2ccc(F)cc2Br)cc1. The molecule has 3 nitrogen and oxygen atoms in total. The summed E-state index contributed by atoms with van der Waals surface area (Å²) in [6.45, 7) is 2.99. The van der Waals surface area contributed by atoms with Crippen LogP contribution in [-0.4, -0.2) is 12.5 Å². The Balaban J connectivity index is 2.06. The zero-order valence-electron chi connectivity index (χ0n) is 11.6. The predicted molar refractivity (Wildman–Crippen MR) is 87.3 cm³/mol. The third-order valence-corrected chi connectivity index (χ3v) is 3.56. The Hall–Kier alpha value is -1.88. The highest BCUT2D eigenvalue weighted by molar-refractivity contribution is 9.10. The summed E-state index contributed by atoms with van der Waals surface area (Å²) in [5.41, 5.74) is 2.07. The monoisotopic (exact) mass is 350 g/mol. The second-order valence-corrected chi connectivity index (χ2v) is 5.44. The van der Waals surface area contributed by atoms with Gasteiger partial charge in [0.05, 0.1) is 5.69 Å². The van der Waals surface area contributed by atoms with Crippen molar-refractivity contribution in [3.63, 3.8) is 0 Å². The standard InChI is InChI=1S/C16H16BrFN2O/c1-2-9-19-13-6-3-11(4-7-13)16(21)20-15-8-5-12(18)10-14(15)17/h3-8,10,19H,2,9H2,1H3,(H,20,21). The second kappa shape index (κ2) is 7.22. The van der Waals surface area contributed by atoms with E-state index in [0.29, 0.717) is 15.7 Å². The van der Waals surface area contributed by atoms with E-state index in [0.717, 1.165) is 18.7 Å². The first kappa shape index (κ1) is 15.5. The van der Waals surface area contributed by atoms with Crippen LogP contribution >= 0.6 is 15.9 Å². The lowest BCUT2D eigenvalue weighted by atomic mass is 10.2. The minimum Gasteiger partial charge on any atom is -0.385 e. The van der Waals surface area contributed by atoms with Crippen molar-refractivity contribution in [3.8, 4) is 0 Å². The molecule has 0 saturated heterocycles. The molecule has 0 aliphatic carbocycles. The third-order valence-electron chi connectivity index (χ3n) is 2.91. The minimum absolute atomic E-state index is 0.232. The number of rotatable bonds is 5. The molecular weight excluding hydrogens is 335 g/mol. The topological polar surface area (TPSA) is 41.1 Å². The van der Waals surface area contributed by atoms with Gasteiger partial charge in [-0.2, -0.15) is 0 Å². The van der Waals surface area contributed by atoms with E-state index < -0.39 is 0 Å². The highest BCUT2D eigenvalue weighted by Crippen LogP contribution is 2.23. The highest BCUT2D eigenvalue weighted by atomic mass is 79.9. The Morgan fingerprint density at radius 1 is 1.19 bits per heavy atom. The molecule has 21 heavy (non-hydrogen) atoms. The van der Waals surface area contributed by atoms with Crippen molar-refractivity contribution in [3.05, 3.63) is 58.3 Å². The first-order valence-electron chi connectivity index (χ1n) is 6.70. The Bertz CT molecular complexity index is 629. The van der Waals surface area contributed by atoms with E-state index in [2.05, 4.69) is 33.5 Å². The number of benzene rings is 2. The van der Waals surface area contributed by atoms with E-state index in [4.69, 9.17) is 0 Å². The molecule has 2 aromatic rings. The Morgan fingerprint density at radius 2 is 1.90 bits per heavy atom. The number of carbonyl (C=O) groups is 1. The van der Waals surface area contributed by atoms with Gasteiger partial charge in [-0.1, -0.05) is 6.92 Å². The molecule has 0 bridgehead atoms. The van der Waals surface area contributed by atoms with Crippen LogP contribution in [0.2, 0.25) is 0 Å². The highest BCUT2D eigenvalue weighted by Gasteiger charge is 2.08. The van der Waals surface area contributed by atoms with E-state index in [9.17, 15) is 9.18 Å². The van der Waals surface area contributed by atoms with Gasteiger partial charge in [-0.25, -0.2) is 4.39 Å². The van der Waals surface area contributed by atoms with E-state index in [1.165, 1.54) is 18.2 Å². The van der Waals surface area contributed by atoms with Gasteiger partial charge in [0.2, 0.25) is 0 Å². The van der Waals surface area contributed by atoms with Gasteiger partial charge in [0, 0.05) is 22.3 Å². The summed E-state index contributed by atoms with van der Waals surface area (Å²) in [5, 5.41) is 5.99. The molecular formula is C16H16BrFN2O. The second-order valence-electron chi connectivity index (χ2n) is 4.58. The fourth-order valence-corrected chi connectivity index (χ4v) is 2.24. The maximum Gasteiger partial charge on any atom is 0.255 e. The maximum atomic E-state index is 13.0. The molecule has 5 heteroatoms. The van der Waals surface area contributed by atoms with Gasteiger partial charge in [-0.05, 0) is 64.8 Å². The maximum absolute atomic E-state index is 13.0. The molecule has 2 aromatic carbocycles.